The highest BCUT2D eigenvalue weighted by Gasteiger charge is 2.35. The number of carbonyl (C=O) groups is 1. The van der Waals surface area contributed by atoms with Crippen LogP contribution in [-0.4, -0.2) is 25.5 Å². The fourth-order valence-corrected chi connectivity index (χ4v) is 5.43. The van der Waals surface area contributed by atoms with Crippen LogP contribution in [0, 0.1) is 0 Å². The first-order valence-corrected chi connectivity index (χ1v) is 11.3. The second-order valence-electron chi connectivity index (χ2n) is 7.32. The number of carbonyl (C=O) groups excluding carboxylic acids is 1. The highest BCUT2D eigenvalue weighted by Crippen LogP contribution is 2.42. The van der Waals surface area contributed by atoms with Gasteiger partial charge >= 0.3 is 0 Å². The van der Waals surface area contributed by atoms with E-state index in [1.165, 1.54) is 10.5 Å². The summed E-state index contributed by atoms with van der Waals surface area (Å²) in [6.07, 6.45) is 4.81. The Bertz CT molecular complexity index is 1440. The van der Waals surface area contributed by atoms with Crippen molar-refractivity contribution in [1.82, 2.24) is 10.4 Å². The molecule has 0 saturated heterocycles. The lowest BCUT2D eigenvalue weighted by atomic mass is 10.1. The van der Waals surface area contributed by atoms with Crippen LogP contribution in [-0.2, 0) is 16.6 Å². The summed E-state index contributed by atoms with van der Waals surface area (Å²) in [7, 11) is -3.63. The zero-order valence-electron chi connectivity index (χ0n) is 16.8. The highest BCUT2D eigenvalue weighted by atomic mass is 32.2. The minimum atomic E-state index is -3.63. The largest absolute Gasteiger partial charge is 0.271 e. The Kier molecular flexibility index (Phi) is 4.91. The predicted octanol–water partition coefficient (Wildman–Crippen LogP) is 3.71. The van der Waals surface area contributed by atoms with Gasteiger partial charge in [0, 0.05) is 23.3 Å². The smallest absolute Gasteiger partial charge is 0.267 e. The average molecular weight is 443 g/mol. The fraction of sp³-hybridized carbons (Fsp3) is 0.0417. The Balaban J connectivity index is 1.33. The van der Waals surface area contributed by atoms with Gasteiger partial charge in [-0.3, -0.25) is 14.1 Å². The lowest BCUT2D eigenvalue weighted by Gasteiger charge is -2.19. The first-order chi connectivity index (χ1) is 15.5. The molecule has 0 aliphatic carbocycles. The molecule has 0 fully saturated rings. The molecule has 0 radical (unpaired) electrons. The molecule has 0 saturated carbocycles. The Labute approximate surface area is 185 Å². The van der Waals surface area contributed by atoms with Gasteiger partial charge in [0.25, 0.3) is 15.9 Å². The summed E-state index contributed by atoms with van der Waals surface area (Å²) in [6.45, 7) is 0.179. The summed E-state index contributed by atoms with van der Waals surface area (Å²) in [6, 6.07) is 21.2. The van der Waals surface area contributed by atoms with Crippen LogP contribution in [0.2, 0.25) is 0 Å². The highest BCUT2D eigenvalue weighted by molar-refractivity contribution is 7.93. The van der Waals surface area contributed by atoms with Crippen LogP contribution in [0.15, 0.2) is 95.2 Å². The van der Waals surface area contributed by atoms with E-state index >= 15 is 0 Å². The maximum absolute atomic E-state index is 13.1. The van der Waals surface area contributed by atoms with Crippen LogP contribution < -0.4 is 9.73 Å². The lowest BCUT2D eigenvalue weighted by molar-refractivity contribution is 0.0955. The van der Waals surface area contributed by atoms with Crippen molar-refractivity contribution >= 4 is 38.6 Å². The number of nitrogens with one attached hydrogen (secondary N) is 1. The molecule has 1 aliphatic rings. The summed E-state index contributed by atoms with van der Waals surface area (Å²) in [4.78, 5) is 16.6. The van der Waals surface area contributed by atoms with Crippen molar-refractivity contribution in [1.29, 1.82) is 0 Å². The van der Waals surface area contributed by atoms with Gasteiger partial charge in [-0.2, -0.15) is 5.10 Å². The van der Waals surface area contributed by atoms with E-state index in [-0.39, 0.29) is 12.5 Å². The van der Waals surface area contributed by atoms with Crippen LogP contribution in [0.1, 0.15) is 21.5 Å². The molecule has 7 nitrogen and oxygen atoms in total. The number of hydrogen-bond donors (Lipinski definition) is 1. The number of rotatable bonds is 5. The zero-order valence-corrected chi connectivity index (χ0v) is 17.7. The molecular weight excluding hydrogens is 424 g/mol. The number of benzene rings is 3. The van der Waals surface area contributed by atoms with Gasteiger partial charge in [0.2, 0.25) is 0 Å². The Morgan fingerprint density at radius 1 is 0.969 bits per heavy atom. The van der Waals surface area contributed by atoms with Crippen molar-refractivity contribution in [2.45, 2.75) is 11.4 Å². The van der Waals surface area contributed by atoms with Crippen LogP contribution in [0.3, 0.4) is 0 Å². The molecule has 1 aliphatic heterocycles. The number of aromatic nitrogens is 1. The van der Waals surface area contributed by atoms with Crippen molar-refractivity contribution in [2.24, 2.45) is 5.10 Å². The van der Waals surface area contributed by atoms with E-state index in [0.29, 0.717) is 16.1 Å². The van der Waals surface area contributed by atoms with Crippen LogP contribution in [0.4, 0.5) is 5.69 Å². The van der Waals surface area contributed by atoms with Gasteiger partial charge in [0.05, 0.1) is 23.3 Å². The molecule has 8 heteroatoms. The van der Waals surface area contributed by atoms with Gasteiger partial charge in [-0.05, 0) is 52.9 Å². The molecule has 5 rings (SSSR count). The van der Waals surface area contributed by atoms with Crippen molar-refractivity contribution in [3.63, 3.8) is 0 Å². The van der Waals surface area contributed by atoms with E-state index < -0.39 is 10.0 Å². The summed E-state index contributed by atoms with van der Waals surface area (Å²) < 4.78 is 27.7. The molecule has 1 N–H and O–H groups in total. The van der Waals surface area contributed by atoms with Gasteiger partial charge in [-0.25, -0.2) is 13.8 Å². The molecule has 2 heterocycles. The number of sulfonamides is 1. The summed E-state index contributed by atoms with van der Waals surface area (Å²) >= 11 is 0. The van der Waals surface area contributed by atoms with Crippen molar-refractivity contribution in [3.05, 3.63) is 102 Å². The van der Waals surface area contributed by atoms with Gasteiger partial charge < -0.3 is 0 Å². The van der Waals surface area contributed by atoms with E-state index in [0.717, 1.165) is 21.9 Å². The van der Waals surface area contributed by atoms with Gasteiger partial charge in [0.1, 0.15) is 0 Å². The van der Waals surface area contributed by atoms with Crippen molar-refractivity contribution in [3.8, 4) is 0 Å². The Hall–Kier alpha value is -4.04. The summed E-state index contributed by atoms with van der Waals surface area (Å²) in [5.74, 6) is -0.354. The summed E-state index contributed by atoms with van der Waals surface area (Å²) in [5.41, 5.74) is 5.17. The maximum atomic E-state index is 13.1. The Morgan fingerprint density at radius 2 is 1.69 bits per heavy atom. The van der Waals surface area contributed by atoms with E-state index in [4.69, 9.17) is 0 Å². The number of hydrazone groups is 1. The minimum Gasteiger partial charge on any atom is -0.267 e. The normalized spacial score (nSPS) is 14.2. The molecule has 1 amide bonds. The topological polar surface area (TPSA) is 91.7 Å². The first kappa shape index (κ1) is 19.9. The molecule has 0 unspecified atom stereocenters. The number of hydrogen-bond acceptors (Lipinski definition) is 5. The number of nitrogens with zero attached hydrogens (tertiary/aromatic N) is 3. The van der Waals surface area contributed by atoms with Crippen LogP contribution in [0.5, 0.6) is 0 Å². The number of anilines is 1. The molecule has 1 aromatic heterocycles. The number of pyridine rings is 1. The third-order valence-corrected chi connectivity index (χ3v) is 7.11. The standard InChI is InChI=1S/C24H18N4O3S/c29-24(27-26-15-17-11-13-25-14-12-17)20-9-7-18(8-10-20)16-28-21-5-1-3-19-4-2-6-22(23(19)21)32(28,30)31/h1-15H,16H2,(H,27,29)/b26-15-. The van der Waals surface area contributed by atoms with Crippen LogP contribution in [0.25, 0.3) is 10.8 Å². The minimum absolute atomic E-state index is 0.179. The predicted molar refractivity (Wildman–Crippen MR) is 123 cm³/mol. The third-order valence-electron chi connectivity index (χ3n) is 5.31. The molecule has 3 aromatic carbocycles. The molecule has 4 aromatic rings. The van der Waals surface area contributed by atoms with Gasteiger partial charge in [0.15, 0.2) is 0 Å². The number of amides is 1. The quantitative estimate of drug-likeness (QED) is 0.377. The SMILES string of the molecule is O=C(N/N=C\c1ccncc1)c1ccc(CN2c3cccc4cccc(c34)S2(=O)=O)cc1. The second-order valence-corrected chi connectivity index (χ2v) is 9.15. The van der Waals surface area contributed by atoms with E-state index in [1.807, 2.05) is 24.3 Å². The molecule has 0 atom stereocenters. The van der Waals surface area contributed by atoms with E-state index in [2.05, 4.69) is 15.5 Å². The fourth-order valence-electron chi connectivity index (χ4n) is 3.74. The molecule has 0 bridgehead atoms. The van der Waals surface area contributed by atoms with Crippen molar-refractivity contribution in [2.75, 3.05) is 4.31 Å². The first-order valence-electron chi connectivity index (χ1n) is 9.91. The van der Waals surface area contributed by atoms with E-state index in [1.54, 1.807) is 60.9 Å². The summed E-state index contributed by atoms with van der Waals surface area (Å²) in [5, 5.41) is 5.59. The van der Waals surface area contributed by atoms with Gasteiger partial charge in [-0.1, -0.05) is 36.4 Å². The molecule has 158 valence electrons. The van der Waals surface area contributed by atoms with Gasteiger partial charge in [-0.15, -0.1) is 0 Å². The lowest BCUT2D eigenvalue weighted by Crippen LogP contribution is -2.26. The van der Waals surface area contributed by atoms with Crippen molar-refractivity contribution < 1.29 is 13.2 Å². The maximum Gasteiger partial charge on any atom is 0.271 e. The Morgan fingerprint density at radius 3 is 2.44 bits per heavy atom. The zero-order chi connectivity index (χ0) is 22.1. The molecular formula is C24H18N4O3S. The monoisotopic (exact) mass is 442 g/mol. The second kappa shape index (κ2) is 7.90. The van der Waals surface area contributed by atoms with E-state index in [9.17, 15) is 13.2 Å². The molecule has 32 heavy (non-hydrogen) atoms. The average Bonchev–Trinajstić information content (AvgIpc) is 3.03. The third kappa shape index (κ3) is 3.50. The van der Waals surface area contributed by atoms with Crippen LogP contribution >= 0.6 is 0 Å². The molecule has 0 spiro atoms.